The monoisotopic (exact) mass is 291 g/mol. The van der Waals surface area contributed by atoms with Crippen LogP contribution in [0.2, 0.25) is 0 Å². The van der Waals surface area contributed by atoms with Crippen LogP contribution in [0.4, 0.5) is 0 Å². The van der Waals surface area contributed by atoms with Crippen molar-refractivity contribution in [3.63, 3.8) is 0 Å². The van der Waals surface area contributed by atoms with Gasteiger partial charge in [0.2, 0.25) is 0 Å². The molecule has 0 aliphatic carbocycles. The maximum atomic E-state index is 11.9. The number of carbonyl (C=O) groups excluding carboxylic acids is 1. The zero-order valence-electron chi connectivity index (χ0n) is 11.4. The SMILES string of the molecule is Cn1cnc(CNC(=O)c2cc[n+](CCC(=O)O)nc2)n1. The predicted octanol–water partition coefficient (Wildman–Crippen LogP) is -1.10. The van der Waals surface area contributed by atoms with Crippen molar-refractivity contribution in [2.75, 3.05) is 0 Å². The van der Waals surface area contributed by atoms with E-state index in [1.165, 1.54) is 10.9 Å². The zero-order chi connectivity index (χ0) is 15.2. The Labute approximate surface area is 120 Å². The minimum absolute atomic E-state index is 0.0193. The highest BCUT2D eigenvalue weighted by Gasteiger charge is 2.11. The average molecular weight is 291 g/mol. The number of hydrogen-bond donors (Lipinski definition) is 2. The molecule has 0 aromatic carbocycles. The maximum absolute atomic E-state index is 11.9. The molecule has 0 atom stereocenters. The minimum Gasteiger partial charge on any atom is -0.481 e. The van der Waals surface area contributed by atoms with Crippen LogP contribution in [0.3, 0.4) is 0 Å². The van der Waals surface area contributed by atoms with Crippen molar-refractivity contribution < 1.29 is 19.4 Å². The van der Waals surface area contributed by atoms with E-state index in [1.807, 2.05) is 0 Å². The number of nitrogens with one attached hydrogen (secondary N) is 1. The van der Waals surface area contributed by atoms with E-state index in [9.17, 15) is 9.59 Å². The highest BCUT2D eigenvalue weighted by atomic mass is 16.4. The first-order valence-electron chi connectivity index (χ1n) is 6.25. The van der Waals surface area contributed by atoms with Crippen LogP contribution < -0.4 is 10.00 Å². The first kappa shape index (κ1) is 14.6. The number of carboxylic acid groups (broad SMARTS) is 1. The summed E-state index contributed by atoms with van der Waals surface area (Å²) in [5, 5.41) is 19.3. The molecule has 0 aliphatic rings. The Bertz CT molecular complexity index is 637. The number of aromatic nitrogens is 5. The van der Waals surface area contributed by atoms with Gasteiger partial charge in [0.1, 0.15) is 18.9 Å². The molecule has 0 spiro atoms. The molecule has 0 unspecified atom stereocenters. The lowest BCUT2D eigenvalue weighted by molar-refractivity contribution is -0.753. The summed E-state index contributed by atoms with van der Waals surface area (Å²) in [5.74, 6) is -0.666. The third-order valence-electron chi connectivity index (χ3n) is 2.64. The molecule has 0 fully saturated rings. The number of aryl methyl sites for hydroxylation is 2. The fraction of sp³-hybridized carbons (Fsp3) is 0.333. The maximum Gasteiger partial charge on any atom is 0.309 e. The fourth-order valence-corrected chi connectivity index (χ4v) is 1.59. The second-order valence-electron chi connectivity index (χ2n) is 4.34. The number of carboxylic acids is 1. The summed E-state index contributed by atoms with van der Waals surface area (Å²) in [6.07, 6.45) is 4.49. The van der Waals surface area contributed by atoms with E-state index in [4.69, 9.17) is 5.11 Å². The standard InChI is InChI=1S/C12H14N6O3/c1-17-8-14-10(16-17)7-13-12(21)9-2-4-18(15-6-9)5-3-11(19)20/h2,4,6,8H,3,5,7H2,1H3,(H-,13,19,20,21)/p+1. The number of rotatable bonds is 6. The van der Waals surface area contributed by atoms with E-state index in [-0.39, 0.29) is 25.4 Å². The molecule has 0 aliphatic heterocycles. The molecule has 2 heterocycles. The van der Waals surface area contributed by atoms with Crippen molar-refractivity contribution in [3.8, 4) is 0 Å². The van der Waals surface area contributed by atoms with Gasteiger partial charge in [-0.1, -0.05) is 4.68 Å². The van der Waals surface area contributed by atoms with Gasteiger partial charge in [-0.3, -0.25) is 14.3 Å². The molecule has 2 rings (SSSR count). The number of nitrogens with zero attached hydrogens (tertiary/aromatic N) is 5. The molecule has 2 N–H and O–H groups in total. The molecule has 2 aromatic heterocycles. The summed E-state index contributed by atoms with van der Waals surface area (Å²) in [6, 6.07) is 1.58. The van der Waals surface area contributed by atoms with Gasteiger partial charge in [-0.05, 0) is 5.10 Å². The predicted molar refractivity (Wildman–Crippen MR) is 68.9 cm³/mol. The van der Waals surface area contributed by atoms with Crippen LogP contribution in [-0.4, -0.2) is 36.8 Å². The van der Waals surface area contributed by atoms with Gasteiger partial charge in [0, 0.05) is 13.1 Å². The average Bonchev–Trinajstić information content (AvgIpc) is 2.89. The fourth-order valence-electron chi connectivity index (χ4n) is 1.59. The van der Waals surface area contributed by atoms with Gasteiger partial charge in [0.15, 0.2) is 18.6 Å². The van der Waals surface area contributed by atoms with Crippen LogP contribution in [0.1, 0.15) is 22.6 Å². The van der Waals surface area contributed by atoms with Crippen molar-refractivity contribution in [1.29, 1.82) is 0 Å². The highest BCUT2D eigenvalue weighted by molar-refractivity contribution is 5.93. The van der Waals surface area contributed by atoms with Crippen molar-refractivity contribution in [3.05, 3.63) is 36.2 Å². The topological polar surface area (TPSA) is 114 Å². The smallest absolute Gasteiger partial charge is 0.309 e. The Morgan fingerprint density at radius 3 is 2.86 bits per heavy atom. The van der Waals surface area contributed by atoms with E-state index in [1.54, 1.807) is 30.3 Å². The Balaban J connectivity index is 1.88. The Morgan fingerprint density at radius 2 is 2.29 bits per heavy atom. The molecule has 0 bridgehead atoms. The lowest BCUT2D eigenvalue weighted by Gasteiger charge is -2.01. The van der Waals surface area contributed by atoms with E-state index in [0.29, 0.717) is 11.4 Å². The van der Waals surface area contributed by atoms with Crippen LogP contribution in [0.5, 0.6) is 0 Å². The number of hydrogen-bond acceptors (Lipinski definition) is 5. The molecular weight excluding hydrogens is 276 g/mol. The van der Waals surface area contributed by atoms with Gasteiger partial charge >= 0.3 is 5.97 Å². The van der Waals surface area contributed by atoms with Crippen LogP contribution in [0.15, 0.2) is 24.8 Å². The molecule has 2 aromatic rings. The lowest BCUT2D eigenvalue weighted by atomic mass is 10.3. The molecule has 21 heavy (non-hydrogen) atoms. The molecule has 9 heteroatoms. The van der Waals surface area contributed by atoms with Crippen molar-refractivity contribution in [1.82, 2.24) is 25.2 Å². The molecule has 0 saturated carbocycles. The van der Waals surface area contributed by atoms with E-state index >= 15 is 0 Å². The largest absolute Gasteiger partial charge is 0.481 e. The highest BCUT2D eigenvalue weighted by Crippen LogP contribution is 1.95. The lowest BCUT2D eigenvalue weighted by Crippen LogP contribution is -2.39. The van der Waals surface area contributed by atoms with Crippen LogP contribution >= 0.6 is 0 Å². The number of carbonyl (C=O) groups is 2. The summed E-state index contributed by atoms with van der Waals surface area (Å²) in [7, 11) is 1.75. The quantitative estimate of drug-likeness (QED) is 0.653. The van der Waals surface area contributed by atoms with Gasteiger partial charge in [0.05, 0.1) is 12.1 Å². The van der Waals surface area contributed by atoms with Gasteiger partial charge in [-0.15, -0.1) is 0 Å². The van der Waals surface area contributed by atoms with Crippen molar-refractivity contribution in [2.45, 2.75) is 19.5 Å². The first-order chi connectivity index (χ1) is 10.0. The second kappa shape index (κ2) is 6.55. The normalized spacial score (nSPS) is 10.3. The third-order valence-corrected chi connectivity index (χ3v) is 2.64. The van der Waals surface area contributed by atoms with Gasteiger partial charge < -0.3 is 10.4 Å². The van der Waals surface area contributed by atoms with Gasteiger partial charge in [-0.25, -0.2) is 4.98 Å². The second-order valence-corrected chi connectivity index (χ2v) is 4.34. The first-order valence-corrected chi connectivity index (χ1v) is 6.25. The Morgan fingerprint density at radius 1 is 1.48 bits per heavy atom. The molecule has 110 valence electrons. The van der Waals surface area contributed by atoms with Gasteiger partial charge in [-0.2, -0.15) is 5.10 Å². The van der Waals surface area contributed by atoms with Crippen LogP contribution in [0, 0.1) is 0 Å². The van der Waals surface area contributed by atoms with Crippen LogP contribution in [0.25, 0.3) is 0 Å². The van der Waals surface area contributed by atoms with Crippen molar-refractivity contribution >= 4 is 11.9 Å². The molecule has 9 nitrogen and oxygen atoms in total. The van der Waals surface area contributed by atoms with Gasteiger partial charge in [0.25, 0.3) is 5.91 Å². The third kappa shape index (κ3) is 4.34. The van der Waals surface area contributed by atoms with E-state index in [0.717, 1.165) is 0 Å². The summed E-state index contributed by atoms with van der Waals surface area (Å²) < 4.78 is 3.02. The summed E-state index contributed by atoms with van der Waals surface area (Å²) >= 11 is 0. The zero-order valence-corrected chi connectivity index (χ0v) is 11.4. The number of amides is 1. The Hall–Kier alpha value is -2.84. The summed E-state index contributed by atoms with van der Waals surface area (Å²) in [4.78, 5) is 26.3. The number of aliphatic carboxylic acids is 1. The molecular formula is C12H15N6O3+. The molecule has 0 saturated heterocycles. The summed E-state index contributed by atoms with van der Waals surface area (Å²) in [6.45, 7) is 0.489. The van der Waals surface area contributed by atoms with E-state index < -0.39 is 5.97 Å². The van der Waals surface area contributed by atoms with Crippen molar-refractivity contribution in [2.24, 2.45) is 7.05 Å². The summed E-state index contributed by atoms with van der Waals surface area (Å²) in [5.41, 5.74) is 0.387. The van der Waals surface area contributed by atoms with Crippen LogP contribution in [-0.2, 0) is 24.9 Å². The minimum atomic E-state index is -0.894. The molecule has 0 radical (unpaired) electrons. The molecule has 1 amide bonds. The van der Waals surface area contributed by atoms with E-state index in [2.05, 4.69) is 20.5 Å². The Kier molecular flexibility index (Phi) is 4.54.